The summed E-state index contributed by atoms with van der Waals surface area (Å²) in [5.74, 6) is -0.242. The van der Waals surface area contributed by atoms with Crippen LogP contribution in [-0.4, -0.2) is 21.2 Å². The van der Waals surface area contributed by atoms with Crippen LogP contribution in [0.4, 0.5) is 11.5 Å². The van der Waals surface area contributed by atoms with Gasteiger partial charge in [-0.05, 0) is 18.2 Å². The number of nitrogen functional groups attached to an aromatic ring is 1. The van der Waals surface area contributed by atoms with Gasteiger partial charge in [0.15, 0.2) is 5.82 Å². The largest absolute Gasteiger partial charge is 0.508 e. The lowest BCUT2D eigenvalue weighted by atomic mass is 10.2. The molecule has 88 valence electrons. The Bertz CT molecular complexity index is 567. The number of carbonyl (C=O) groups excluding carboxylic acids is 1. The van der Waals surface area contributed by atoms with Gasteiger partial charge in [0.05, 0.1) is 22.5 Å². The van der Waals surface area contributed by atoms with Crippen LogP contribution in [0.2, 0.25) is 5.02 Å². The number of carbonyl (C=O) groups is 1. The van der Waals surface area contributed by atoms with Crippen LogP contribution in [0.15, 0.2) is 24.4 Å². The number of phenolic OH excluding ortho intramolecular Hbond substituents is 1. The first-order chi connectivity index (χ1) is 8.08. The number of hydrogen-bond donors (Lipinski definition) is 4. The number of anilines is 2. The average molecular weight is 253 g/mol. The molecule has 2 rings (SSSR count). The van der Waals surface area contributed by atoms with Gasteiger partial charge in [0.25, 0.3) is 5.91 Å². The molecule has 6 nitrogen and oxygen atoms in total. The highest BCUT2D eigenvalue weighted by Crippen LogP contribution is 2.22. The van der Waals surface area contributed by atoms with E-state index >= 15 is 0 Å². The third-order valence-corrected chi connectivity index (χ3v) is 2.43. The first kappa shape index (κ1) is 11.3. The van der Waals surface area contributed by atoms with Crippen LogP contribution in [0.1, 0.15) is 10.4 Å². The Morgan fingerprint density at radius 2 is 2.29 bits per heavy atom. The normalized spacial score (nSPS) is 10.2. The molecule has 0 radical (unpaired) electrons. The predicted octanol–water partition coefficient (Wildman–Crippen LogP) is 1.60. The number of amides is 1. The average Bonchev–Trinajstić information content (AvgIpc) is 2.68. The number of aromatic amines is 1. The molecule has 0 spiro atoms. The third-order valence-electron chi connectivity index (χ3n) is 2.10. The standard InChI is InChI=1S/C10H9ClN4O2/c11-7-2-1-5(16)3-6(7)10(17)14-9-8(12)4-13-15-9/h1-4,16H,12H2,(H2,13,14,15,17). The number of phenols is 1. The minimum absolute atomic E-state index is 0.0443. The number of nitrogens with two attached hydrogens (primary N) is 1. The van der Waals surface area contributed by atoms with Gasteiger partial charge in [-0.25, -0.2) is 0 Å². The van der Waals surface area contributed by atoms with Crippen LogP contribution in [-0.2, 0) is 0 Å². The highest BCUT2D eigenvalue weighted by Gasteiger charge is 2.13. The summed E-state index contributed by atoms with van der Waals surface area (Å²) in [6.07, 6.45) is 1.37. The lowest BCUT2D eigenvalue weighted by Gasteiger charge is -2.05. The number of hydrogen-bond acceptors (Lipinski definition) is 4. The monoisotopic (exact) mass is 252 g/mol. The quantitative estimate of drug-likeness (QED) is 0.652. The number of rotatable bonds is 2. The molecule has 1 aromatic carbocycles. The van der Waals surface area contributed by atoms with Gasteiger partial charge >= 0.3 is 0 Å². The number of aromatic hydroxyl groups is 1. The van der Waals surface area contributed by atoms with Crippen molar-refractivity contribution in [1.29, 1.82) is 0 Å². The van der Waals surface area contributed by atoms with Crippen molar-refractivity contribution in [3.63, 3.8) is 0 Å². The van der Waals surface area contributed by atoms with E-state index in [4.69, 9.17) is 17.3 Å². The van der Waals surface area contributed by atoms with E-state index in [0.29, 0.717) is 5.69 Å². The van der Waals surface area contributed by atoms with Gasteiger partial charge < -0.3 is 16.2 Å². The Balaban J connectivity index is 2.26. The zero-order valence-corrected chi connectivity index (χ0v) is 9.32. The second-order valence-corrected chi connectivity index (χ2v) is 3.73. The van der Waals surface area contributed by atoms with E-state index in [1.165, 1.54) is 24.4 Å². The van der Waals surface area contributed by atoms with Crippen molar-refractivity contribution in [3.05, 3.63) is 35.0 Å². The molecule has 0 atom stereocenters. The Kier molecular flexibility index (Phi) is 2.88. The fraction of sp³-hybridized carbons (Fsp3) is 0. The summed E-state index contributed by atoms with van der Waals surface area (Å²) in [6, 6.07) is 4.09. The molecule has 7 heteroatoms. The summed E-state index contributed by atoms with van der Waals surface area (Å²) in [7, 11) is 0. The SMILES string of the molecule is Nc1cn[nH]c1NC(=O)c1cc(O)ccc1Cl. The van der Waals surface area contributed by atoms with Gasteiger partial charge in [-0.3, -0.25) is 9.89 Å². The van der Waals surface area contributed by atoms with Gasteiger partial charge in [-0.15, -0.1) is 0 Å². The van der Waals surface area contributed by atoms with Crippen molar-refractivity contribution in [2.75, 3.05) is 11.1 Å². The van der Waals surface area contributed by atoms with Gasteiger partial charge in [-0.1, -0.05) is 11.6 Å². The molecule has 0 unspecified atom stereocenters. The van der Waals surface area contributed by atoms with Crippen LogP contribution in [0.25, 0.3) is 0 Å². The molecule has 0 saturated heterocycles. The van der Waals surface area contributed by atoms with Crippen molar-refractivity contribution < 1.29 is 9.90 Å². The maximum Gasteiger partial charge on any atom is 0.258 e. The molecule has 17 heavy (non-hydrogen) atoms. The van der Waals surface area contributed by atoms with E-state index in [-0.39, 0.29) is 22.2 Å². The van der Waals surface area contributed by atoms with E-state index < -0.39 is 5.91 Å². The Morgan fingerprint density at radius 1 is 1.53 bits per heavy atom. The smallest absolute Gasteiger partial charge is 0.258 e. The fourth-order valence-electron chi connectivity index (χ4n) is 1.26. The maximum absolute atomic E-state index is 11.8. The molecule has 5 N–H and O–H groups in total. The number of H-pyrrole nitrogens is 1. The van der Waals surface area contributed by atoms with Crippen molar-refractivity contribution in [3.8, 4) is 5.75 Å². The molecule has 0 aliphatic heterocycles. The van der Waals surface area contributed by atoms with Crippen molar-refractivity contribution in [1.82, 2.24) is 10.2 Å². The van der Waals surface area contributed by atoms with Crippen molar-refractivity contribution in [2.24, 2.45) is 0 Å². The fourth-order valence-corrected chi connectivity index (χ4v) is 1.47. The number of halogens is 1. The molecule has 0 saturated carbocycles. The first-order valence-corrected chi connectivity index (χ1v) is 5.04. The van der Waals surface area contributed by atoms with Gasteiger partial charge in [0.1, 0.15) is 5.75 Å². The molecule has 1 amide bonds. The third kappa shape index (κ3) is 2.31. The molecular weight excluding hydrogens is 244 g/mol. The molecule has 0 aliphatic carbocycles. The van der Waals surface area contributed by atoms with Gasteiger partial charge in [-0.2, -0.15) is 5.10 Å². The minimum atomic E-state index is -0.484. The molecule has 1 heterocycles. The highest BCUT2D eigenvalue weighted by molar-refractivity contribution is 6.34. The summed E-state index contributed by atoms with van der Waals surface area (Å²) < 4.78 is 0. The minimum Gasteiger partial charge on any atom is -0.508 e. The van der Waals surface area contributed by atoms with Crippen LogP contribution < -0.4 is 11.1 Å². The molecule has 0 aliphatic rings. The molecule has 1 aromatic heterocycles. The van der Waals surface area contributed by atoms with Crippen LogP contribution in [0.5, 0.6) is 5.75 Å². The van der Waals surface area contributed by atoms with E-state index in [1.54, 1.807) is 0 Å². The predicted molar refractivity (Wildman–Crippen MR) is 64.1 cm³/mol. The van der Waals surface area contributed by atoms with E-state index in [0.717, 1.165) is 0 Å². The number of nitrogens with zero attached hydrogens (tertiary/aromatic N) is 1. The van der Waals surface area contributed by atoms with E-state index in [1.807, 2.05) is 0 Å². The number of benzene rings is 1. The second kappa shape index (κ2) is 4.34. The van der Waals surface area contributed by atoms with E-state index in [9.17, 15) is 9.90 Å². The van der Waals surface area contributed by atoms with E-state index in [2.05, 4.69) is 15.5 Å². The second-order valence-electron chi connectivity index (χ2n) is 3.32. The Hall–Kier alpha value is -2.21. The zero-order chi connectivity index (χ0) is 12.4. The van der Waals surface area contributed by atoms with Crippen molar-refractivity contribution in [2.45, 2.75) is 0 Å². The molecule has 2 aromatic rings. The lowest BCUT2D eigenvalue weighted by molar-refractivity contribution is 0.102. The molecular formula is C10H9ClN4O2. The number of nitrogens with one attached hydrogen (secondary N) is 2. The van der Waals surface area contributed by atoms with Crippen LogP contribution >= 0.6 is 11.6 Å². The van der Waals surface area contributed by atoms with Crippen molar-refractivity contribution >= 4 is 29.0 Å². The Morgan fingerprint density at radius 3 is 2.94 bits per heavy atom. The highest BCUT2D eigenvalue weighted by atomic mass is 35.5. The summed E-state index contributed by atoms with van der Waals surface area (Å²) in [5.41, 5.74) is 6.01. The van der Waals surface area contributed by atoms with Gasteiger partial charge in [0, 0.05) is 0 Å². The topological polar surface area (TPSA) is 104 Å². The molecule has 0 fully saturated rings. The van der Waals surface area contributed by atoms with Crippen LogP contribution in [0.3, 0.4) is 0 Å². The number of aromatic nitrogens is 2. The lowest BCUT2D eigenvalue weighted by Crippen LogP contribution is -2.13. The summed E-state index contributed by atoms with van der Waals surface area (Å²) in [5, 5.41) is 18.2. The first-order valence-electron chi connectivity index (χ1n) is 4.66. The summed E-state index contributed by atoms with van der Waals surface area (Å²) in [4.78, 5) is 11.8. The summed E-state index contributed by atoms with van der Waals surface area (Å²) >= 11 is 5.84. The Labute approximate surface area is 101 Å². The van der Waals surface area contributed by atoms with Crippen LogP contribution in [0, 0.1) is 0 Å². The maximum atomic E-state index is 11.8. The summed E-state index contributed by atoms with van der Waals surface area (Å²) in [6.45, 7) is 0. The zero-order valence-electron chi connectivity index (χ0n) is 8.57. The van der Waals surface area contributed by atoms with Gasteiger partial charge in [0.2, 0.25) is 0 Å². The molecule has 0 bridgehead atoms.